The number of alkyl halides is 3. The van der Waals surface area contributed by atoms with Crippen LogP contribution >= 0.6 is 11.6 Å². The normalized spacial score (nSPS) is 20.1. The SMILES string of the molecule is CC1Cc2cc(C(F)(F)F)cc(Cl)c2C1=O. The molecule has 1 aromatic carbocycles. The van der Waals surface area contributed by atoms with Crippen molar-refractivity contribution >= 4 is 17.4 Å². The van der Waals surface area contributed by atoms with E-state index in [9.17, 15) is 18.0 Å². The van der Waals surface area contributed by atoms with Crippen LogP contribution < -0.4 is 0 Å². The van der Waals surface area contributed by atoms with Gasteiger partial charge in [0.2, 0.25) is 0 Å². The summed E-state index contributed by atoms with van der Waals surface area (Å²) in [7, 11) is 0. The molecular formula is C11H8ClF3O. The summed E-state index contributed by atoms with van der Waals surface area (Å²) in [6, 6.07) is 1.83. The molecule has 1 aromatic rings. The zero-order valence-corrected chi connectivity index (χ0v) is 9.12. The van der Waals surface area contributed by atoms with Crippen molar-refractivity contribution in [2.75, 3.05) is 0 Å². The molecule has 0 amide bonds. The fourth-order valence-corrected chi connectivity index (χ4v) is 2.27. The van der Waals surface area contributed by atoms with Crippen LogP contribution in [0, 0.1) is 5.92 Å². The lowest BCUT2D eigenvalue weighted by Gasteiger charge is -2.09. The lowest BCUT2D eigenvalue weighted by atomic mass is 10.1. The summed E-state index contributed by atoms with van der Waals surface area (Å²) < 4.78 is 37.5. The number of fused-ring (bicyclic) bond motifs is 1. The van der Waals surface area contributed by atoms with E-state index in [1.54, 1.807) is 6.92 Å². The average Bonchev–Trinajstić information content (AvgIpc) is 2.41. The second kappa shape index (κ2) is 3.48. The van der Waals surface area contributed by atoms with E-state index in [0.717, 1.165) is 12.1 Å². The number of Topliss-reactive ketones (excluding diaryl/α,β-unsaturated/α-hetero) is 1. The Bertz CT molecular complexity index is 465. The van der Waals surface area contributed by atoms with Gasteiger partial charge in [0.15, 0.2) is 5.78 Å². The lowest BCUT2D eigenvalue weighted by Crippen LogP contribution is -2.07. The highest BCUT2D eigenvalue weighted by atomic mass is 35.5. The van der Waals surface area contributed by atoms with Gasteiger partial charge in [-0.1, -0.05) is 18.5 Å². The van der Waals surface area contributed by atoms with Gasteiger partial charge in [-0.2, -0.15) is 13.2 Å². The summed E-state index contributed by atoms with van der Waals surface area (Å²) in [4.78, 5) is 11.6. The van der Waals surface area contributed by atoms with E-state index < -0.39 is 11.7 Å². The summed E-state index contributed by atoms with van der Waals surface area (Å²) in [5.74, 6) is -0.454. The third kappa shape index (κ3) is 1.71. The fourth-order valence-electron chi connectivity index (χ4n) is 1.93. The van der Waals surface area contributed by atoms with Gasteiger partial charge in [0.1, 0.15) is 0 Å². The second-order valence-corrected chi connectivity index (χ2v) is 4.37. The van der Waals surface area contributed by atoms with Crippen LogP contribution in [0.5, 0.6) is 0 Å². The quantitative estimate of drug-likeness (QED) is 0.684. The number of benzene rings is 1. The Morgan fingerprint density at radius 2 is 2.00 bits per heavy atom. The number of halogens is 4. The molecule has 0 N–H and O–H groups in total. The van der Waals surface area contributed by atoms with Crippen LogP contribution in [-0.2, 0) is 12.6 Å². The summed E-state index contributed by atoms with van der Waals surface area (Å²) in [5.41, 5.74) is -0.141. The fraction of sp³-hybridized carbons (Fsp3) is 0.364. The van der Waals surface area contributed by atoms with Gasteiger partial charge in [-0.05, 0) is 24.1 Å². The van der Waals surface area contributed by atoms with Gasteiger partial charge >= 0.3 is 6.18 Å². The summed E-state index contributed by atoms with van der Waals surface area (Å²) in [5, 5.41) is -0.0980. The molecule has 0 aliphatic heterocycles. The van der Waals surface area contributed by atoms with Gasteiger partial charge in [-0.3, -0.25) is 4.79 Å². The highest BCUT2D eigenvalue weighted by Crippen LogP contribution is 2.38. The first-order chi connectivity index (χ1) is 7.30. The Labute approximate surface area is 95.2 Å². The van der Waals surface area contributed by atoms with Crippen LogP contribution in [0.3, 0.4) is 0 Å². The molecule has 1 aliphatic rings. The summed E-state index contributed by atoms with van der Waals surface area (Å²) >= 11 is 5.72. The molecule has 0 saturated carbocycles. The predicted octanol–water partition coefficient (Wildman–Crippen LogP) is 3.73. The topological polar surface area (TPSA) is 17.1 Å². The zero-order chi connectivity index (χ0) is 12.1. The van der Waals surface area contributed by atoms with Gasteiger partial charge in [0, 0.05) is 11.5 Å². The molecule has 0 bridgehead atoms. The summed E-state index contributed by atoms with van der Waals surface area (Å²) in [6.45, 7) is 1.69. The van der Waals surface area contributed by atoms with E-state index >= 15 is 0 Å². The minimum atomic E-state index is -4.42. The maximum absolute atomic E-state index is 12.5. The maximum atomic E-state index is 12.5. The maximum Gasteiger partial charge on any atom is 0.416 e. The molecule has 5 heteroatoms. The van der Waals surface area contributed by atoms with Crippen LogP contribution in [0.1, 0.15) is 28.4 Å². The number of hydrogen-bond donors (Lipinski definition) is 0. The Morgan fingerprint density at radius 1 is 1.38 bits per heavy atom. The third-order valence-corrected chi connectivity index (χ3v) is 3.02. The molecule has 1 nitrogen and oxygen atoms in total. The van der Waals surface area contributed by atoms with Crippen molar-refractivity contribution in [3.8, 4) is 0 Å². The van der Waals surface area contributed by atoms with Crippen molar-refractivity contribution in [1.29, 1.82) is 0 Å². The van der Waals surface area contributed by atoms with E-state index in [-0.39, 0.29) is 22.3 Å². The van der Waals surface area contributed by atoms with E-state index in [1.807, 2.05) is 0 Å². The summed E-state index contributed by atoms with van der Waals surface area (Å²) in [6.07, 6.45) is -4.09. The molecule has 0 saturated heterocycles. The molecule has 86 valence electrons. The van der Waals surface area contributed by atoms with Crippen molar-refractivity contribution in [2.45, 2.75) is 19.5 Å². The molecule has 0 fully saturated rings. The second-order valence-electron chi connectivity index (χ2n) is 3.96. The lowest BCUT2D eigenvalue weighted by molar-refractivity contribution is -0.137. The van der Waals surface area contributed by atoms with Gasteiger partial charge in [0.25, 0.3) is 0 Å². The highest BCUT2D eigenvalue weighted by molar-refractivity contribution is 6.34. The van der Waals surface area contributed by atoms with Crippen molar-refractivity contribution in [2.24, 2.45) is 5.92 Å². The van der Waals surface area contributed by atoms with E-state index in [0.29, 0.717) is 12.0 Å². The van der Waals surface area contributed by atoms with Crippen LogP contribution in [-0.4, -0.2) is 5.78 Å². The molecule has 0 radical (unpaired) electrons. The monoisotopic (exact) mass is 248 g/mol. The van der Waals surface area contributed by atoms with Gasteiger partial charge in [-0.25, -0.2) is 0 Å². The minimum absolute atomic E-state index is 0.0980. The Morgan fingerprint density at radius 3 is 2.56 bits per heavy atom. The molecule has 0 spiro atoms. The zero-order valence-electron chi connectivity index (χ0n) is 8.36. The molecule has 2 rings (SSSR count). The largest absolute Gasteiger partial charge is 0.416 e. The molecule has 1 unspecified atom stereocenters. The van der Waals surface area contributed by atoms with Crippen molar-refractivity contribution in [3.05, 3.63) is 33.8 Å². The van der Waals surface area contributed by atoms with E-state index in [4.69, 9.17) is 11.6 Å². The third-order valence-electron chi connectivity index (χ3n) is 2.72. The number of carbonyl (C=O) groups is 1. The first-order valence-electron chi connectivity index (χ1n) is 4.74. The van der Waals surface area contributed by atoms with Gasteiger partial charge in [0.05, 0.1) is 10.6 Å². The molecule has 16 heavy (non-hydrogen) atoms. The molecule has 1 aliphatic carbocycles. The predicted molar refractivity (Wildman–Crippen MR) is 53.7 cm³/mol. The van der Waals surface area contributed by atoms with Crippen LogP contribution in [0.2, 0.25) is 5.02 Å². The number of ketones is 1. The molecule has 0 aromatic heterocycles. The number of rotatable bonds is 0. The smallest absolute Gasteiger partial charge is 0.294 e. The van der Waals surface area contributed by atoms with E-state index in [2.05, 4.69) is 0 Å². The Hall–Kier alpha value is -1.03. The standard InChI is InChI=1S/C11H8ClF3O/c1-5-2-6-3-7(11(13,14)15)4-8(12)9(6)10(5)16/h3-5H,2H2,1H3. The highest BCUT2D eigenvalue weighted by Gasteiger charge is 2.36. The van der Waals surface area contributed by atoms with Gasteiger partial charge < -0.3 is 0 Å². The molecule has 0 heterocycles. The van der Waals surface area contributed by atoms with Crippen LogP contribution in [0.15, 0.2) is 12.1 Å². The molecular weight excluding hydrogens is 241 g/mol. The molecule has 1 atom stereocenters. The van der Waals surface area contributed by atoms with Gasteiger partial charge in [-0.15, -0.1) is 0 Å². The van der Waals surface area contributed by atoms with Crippen molar-refractivity contribution < 1.29 is 18.0 Å². The van der Waals surface area contributed by atoms with Crippen LogP contribution in [0.4, 0.5) is 13.2 Å². The number of carbonyl (C=O) groups excluding carboxylic acids is 1. The average molecular weight is 249 g/mol. The van der Waals surface area contributed by atoms with Crippen LogP contribution in [0.25, 0.3) is 0 Å². The minimum Gasteiger partial charge on any atom is -0.294 e. The van der Waals surface area contributed by atoms with Crippen molar-refractivity contribution in [1.82, 2.24) is 0 Å². The first kappa shape index (κ1) is 11.5. The van der Waals surface area contributed by atoms with Crippen molar-refractivity contribution in [3.63, 3.8) is 0 Å². The number of hydrogen-bond acceptors (Lipinski definition) is 1. The van der Waals surface area contributed by atoms with E-state index in [1.165, 1.54) is 0 Å². The Kier molecular flexibility index (Phi) is 2.49. The Balaban J connectivity index is 2.58. The first-order valence-corrected chi connectivity index (χ1v) is 5.12.